The highest BCUT2D eigenvalue weighted by atomic mass is 35.5. The van der Waals surface area contributed by atoms with E-state index in [-0.39, 0.29) is 24.9 Å². The summed E-state index contributed by atoms with van der Waals surface area (Å²) < 4.78 is 0. The minimum absolute atomic E-state index is 0.128. The Kier molecular flexibility index (Phi) is 7.26. The lowest BCUT2D eigenvalue weighted by Crippen LogP contribution is -3.11. The van der Waals surface area contributed by atoms with Gasteiger partial charge in [-0.2, -0.15) is 5.26 Å². The highest BCUT2D eigenvalue weighted by Gasteiger charge is 2.22. The van der Waals surface area contributed by atoms with Gasteiger partial charge in [0.05, 0.1) is 23.3 Å². The van der Waals surface area contributed by atoms with Gasteiger partial charge in [-0.05, 0) is 43.4 Å². The molecule has 0 radical (unpaired) electrons. The van der Waals surface area contributed by atoms with Crippen molar-refractivity contribution in [3.05, 3.63) is 45.3 Å². The van der Waals surface area contributed by atoms with Crippen molar-refractivity contribution in [3.63, 3.8) is 0 Å². The molecule has 0 spiro atoms. The van der Waals surface area contributed by atoms with Gasteiger partial charge >= 0.3 is 0 Å². The van der Waals surface area contributed by atoms with Crippen LogP contribution in [0.25, 0.3) is 0 Å². The van der Waals surface area contributed by atoms with E-state index in [1.807, 2.05) is 0 Å². The first-order valence-corrected chi connectivity index (χ1v) is 10.9. The van der Waals surface area contributed by atoms with Crippen LogP contribution < -0.4 is 15.5 Å². The first kappa shape index (κ1) is 21.3. The van der Waals surface area contributed by atoms with E-state index in [9.17, 15) is 14.9 Å². The molecule has 8 heteroatoms. The van der Waals surface area contributed by atoms with Crippen LogP contribution in [0.1, 0.15) is 35.3 Å². The van der Waals surface area contributed by atoms with Gasteiger partial charge in [-0.3, -0.25) is 9.59 Å². The first-order valence-electron chi connectivity index (χ1n) is 9.68. The standard InChI is InChI=1S/C21H23ClN4O2S/c1-26(12-19(27)24-17-9-6-5-8-16(17)22)13-20(28)25-21-15(11-23)14-7-3-2-4-10-18(14)29-21/h5-6,8-9H,2-4,7,10,12-13H2,1H3,(H,24,27)(H,25,28)/p+1. The fourth-order valence-corrected chi connectivity index (χ4v) is 4.93. The van der Waals surface area contributed by atoms with Crippen LogP contribution in [0.3, 0.4) is 0 Å². The number of para-hydroxylation sites is 1. The molecule has 0 aliphatic heterocycles. The fraction of sp³-hybridized carbons (Fsp3) is 0.381. The van der Waals surface area contributed by atoms with Crippen molar-refractivity contribution < 1.29 is 14.5 Å². The van der Waals surface area contributed by atoms with Gasteiger partial charge in [-0.1, -0.05) is 30.2 Å². The summed E-state index contributed by atoms with van der Waals surface area (Å²) in [4.78, 5) is 26.7. The SMILES string of the molecule is C[NH+](CC(=O)Nc1ccccc1Cl)CC(=O)Nc1sc2c(c1C#N)CCCCC2. The number of nitrogens with zero attached hydrogens (tertiary/aromatic N) is 1. The predicted octanol–water partition coefficient (Wildman–Crippen LogP) is 2.63. The smallest absolute Gasteiger partial charge is 0.280 e. The van der Waals surface area contributed by atoms with Gasteiger partial charge in [0.1, 0.15) is 11.1 Å². The summed E-state index contributed by atoms with van der Waals surface area (Å²) in [6, 6.07) is 9.28. The average Bonchev–Trinajstić information content (AvgIpc) is 2.82. The number of nitrogens with one attached hydrogen (secondary N) is 3. The third-order valence-corrected chi connectivity index (χ3v) is 6.40. The zero-order chi connectivity index (χ0) is 20.8. The number of fused-ring (bicyclic) bond motifs is 1. The van der Waals surface area contributed by atoms with Crippen LogP contribution in [0.2, 0.25) is 5.02 Å². The van der Waals surface area contributed by atoms with E-state index in [1.54, 1.807) is 31.3 Å². The van der Waals surface area contributed by atoms with Gasteiger partial charge in [0.25, 0.3) is 11.8 Å². The molecule has 1 aliphatic rings. The summed E-state index contributed by atoms with van der Waals surface area (Å²) >= 11 is 7.57. The number of anilines is 2. The summed E-state index contributed by atoms with van der Waals surface area (Å²) in [5.41, 5.74) is 2.26. The Labute approximate surface area is 179 Å². The van der Waals surface area contributed by atoms with E-state index in [4.69, 9.17) is 11.6 Å². The number of thiophene rings is 1. The summed E-state index contributed by atoms with van der Waals surface area (Å²) in [5, 5.41) is 16.3. The molecule has 1 heterocycles. The number of benzene rings is 1. The molecule has 1 aliphatic carbocycles. The molecule has 0 bridgehead atoms. The number of hydrogen-bond acceptors (Lipinski definition) is 4. The van der Waals surface area contributed by atoms with Gasteiger partial charge in [-0.15, -0.1) is 11.3 Å². The number of nitriles is 1. The number of carbonyl (C=O) groups is 2. The average molecular weight is 432 g/mol. The monoisotopic (exact) mass is 431 g/mol. The fourth-order valence-electron chi connectivity index (χ4n) is 3.49. The van der Waals surface area contributed by atoms with Crippen molar-refractivity contribution in [1.82, 2.24) is 0 Å². The van der Waals surface area contributed by atoms with Crippen molar-refractivity contribution in [2.24, 2.45) is 0 Å². The Balaban J connectivity index is 1.56. The molecule has 2 aromatic rings. The van der Waals surface area contributed by atoms with E-state index in [0.717, 1.165) is 36.1 Å². The van der Waals surface area contributed by atoms with Gasteiger partial charge < -0.3 is 15.5 Å². The van der Waals surface area contributed by atoms with Crippen molar-refractivity contribution in [3.8, 4) is 6.07 Å². The normalized spacial score (nSPS) is 14.2. The van der Waals surface area contributed by atoms with Gasteiger partial charge in [0, 0.05) is 4.88 Å². The van der Waals surface area contributed by atoms with E-state index in [0.29, 0.717) is 21.3 Å². The lowest BCUT2D eigenvalue weighted by molar-refractivity contribution is -0.862. The van der Waals surface area contributed by atoms with Crippen LogP contribution in [0.5, 0.6) is 0 Å². The number of halogens is 1. The van der Waals surface area contributed by atoms with E-state index in [1.165, 1.54) is 22.6 Å². The van der Waals surface area contributed by atoms with Crippen LogP contribution in [-0.2, 0) is 22.4 Å². The summed E-state index contributed by atoms with van der Waals surface area (Å²) in [5.74, 6) is -0.426. The van der Waals surface area contributed by atoms with Crippen LogP contribution >= 0.6 is 22.9 Å². The van der Waals surface area contributed by atoms with Crippen LogP contribution in [0.4, 0.5) is 10.7 Å². The second-order valence-electron chi connectivity index (χ2n) is 7.27. The van der Waals surface area contributed by atoms with Gasteiger partial charge in [-0.25, -0.2) is 0 Å². The van der Waals surface area contributed by atoms with E-state index < -0.39 is 0 Å². The van der Waals surface area contributed by atoms with Crippen LogP contribution in [0, 0.1) is 11.3 Å². The number of quaternary nitrogens is 1. The highest BCUT2D eigenvalue weighted by molar-refractivity contribution is 7.16. The molecule has 1 aromatic heterocycles. The second kappa shape index (κ2) is 9.88. The lowest BCUT2D eigenvalue weighted by Gasteiger charge is -2.14. The molecule has 0 saturated heterocycles. The maximum Gasteiger partial charge on any atom is 0.280 e. The zero-order valence-corrected chi connectivity index (χ0v) is 17.9. The summed E-state index contributed by atoms with van der Waals surface area (Å²) in [7, 11) is 1.78. The zero-order valence-electron chi connectivity index (χ0n) is 16.3. The minimum atomic E-state index is -0.219. The maximum absolute atomic E-state index is 12.5. The van der Waals surface area contributed by atoms with Crippen LogP contribution in [0.15, 0.2) is 24.3 Å². The molecule has 0 fully saturated rings. The molecule has 152 valence electrons. The number of amides is 2. The number of carbonyl (C=O) groups excluding carboxylic acids is 2. The molecular weight excluding hydrogens is 408 g/mol. The molecule has 1 atom stereocenters. The molecule has 0 saturated carbocycles. The third-order valence-electron chi connectivity index (χ3n) is 4.86. The Hall–Kier alpha value is -2.40. The number of rotatable bonds is 6. The van der Waals surface area contributed by atoms with E-state index in [2.05, 4.69) is 16.7 Å². The van der Waals surface area contributed by atoms with Crippen molar-refractivity contribution in [2.45, 2.75) is 32.1 Å². The predicted molar refractivity (Wildman–Crippen MR) is 116 cm³/mol. The topological polar surface area (TPSA) is 86.4 Å². The van der Waals surface area contributed by atoms with Crippen molar-refractivity contribution in [2.75, 3.05) is 30.8 Å². The van der Waals surface area contributed by atoms with Gasteiger partial charge in [0.2, 0.25) is 0 Å². The van der Waals surface area contributed by atoms with Crippen LogP contribution in [-0.4, -0.2) is 32.0 Å². The molecular formula is C21H24ClN4O2S+. The Morgan fingerprint density at radius 2 is 1.83 bits per heavy atom. The molecule has 1 aromatic carbocycles. The second-order valence-corrected chi connectivity index (χ2v) is 8.78. The van der Waals surface area contributed by atoms with E-state index >= 15 is 0 Å². The highest BCUT2D eigenvalue weighted by Crippen LogP contribution is 2.36. The minimum Gasteiger partial charge on any atom is -0.322 e. The van der Waals surface area contributed by atoms with Crippen molar-refractivity contribution >= 4 is 45.4 Å². The van der Waals surface area contributed by atoms with Crippen molar-refractivity contribution in [1.29, 1.82) is 5.26 Å². The third kappa shape index (κ3) is 5.57. The Morgan fingerprint density at radius 1 is 1.14 bits per heavy atom. The Bertz CT molecular complexity index is 951. The molecule has 3 N–H and O–H groups in total. The first-order chi connectivity index (χ1) is 14.0. The molecule has 29 heavy (non-hydrogen) atoms. The largest absolute Gasteiger partial charge is 0.322 e. The maximum atomic E-state index is 12.5. The molecule has 6 nitrogen and oxygen atoms in total. The quantitative estimate of drug-likeness (QED) is 0.614. The van der Waals surface area contributed by atoms with Gasteiger partial charge in [0.15, 0.2) is 13.1 Å². The number of hydrogen-bond donors (Lipinski definition) is 3. The molecule has 1 unspecified atom stereocenters. The lowest BCUT2D eigenvalue weighted by atomic mass is 10.1. The molecule has 2 amide bonds. The molecule has 3 rings (SSSR count). The summed E-state index contributed by atoms with van der Waals surface area (Å²) in [6.07, 6.45) is 5.26. The summed E-state index contributed by atoms with van der Waals surface area (Å²) in [6.45, 7) is 0.258. The number of aryl methyl sites for hydroxylation is 1. The Morgan fingerprint density at radius 3 is 2.55 bits per heavy atom. The number of likely N-dealkylation sites (N-methyl/N-ethyl adjacent to an activating group) is 1.